The fraction of sp³-hybridized carbons (Fsp3) is 0.533. The molecule has 0 saturated carbocycles. The fourth-order valence-corrected chi connectivity index (χ4v) is 1.79. The number of hydrogen-bond donors (Lipinski definition) is 3. The van der Waals surface area contributed by atoms with E-state index in [1.165, 1.54) is 0 Å². The molecular formula is C15H25N3O2. The molecule has 4 N–H and O–H groups in total. The Bertz CT molecular complexity index is 422. The second kappa shape index (κ2) is 9.34. The Balaban J connectivity index is 2.34. The highest BCUT2D eigenvalue weighted by atomic mass is 16.5. The Hall–Kier alpha value is -1.59. The second-order valence-corrected chi connectivity index (χ2v) is 4.77. The summed E-state index contributed by atoms with van der Waals surface area (Å²) in [4.78, 5) is 12.1. The molecule has 0 aliphatic rings. The van der Waals surface area contributed by atoms with Gasteiger partial charge in [-0.3, -0.25) is 10.6 Å². The van der Waals surface area contributed by atoms with Gasteiger partial charge in [0, 0.05) is 19.8 Å². The number of rotatable bonds is 9. The van der Waals surface area contributed by atoms with Gasteiger partial charge >= 0.3 is 0 Å². The summed E-state index contributed by atoms with van der Waals surface area (Å²) in [5, 5.41) is 2.88. The number of anilines is 1. The maximum atomic E-state index is 12.1. The molecule has 1 aromatic rings. The summed E-state index contributed by atoms with van der Waals surface area (Å²) in [5.74, 6) is 5.30. The molecule has 112 valence electrons. The van der Waals surface area contributed by atoms with E-state index in [2.05, 4.69) is 17.7 Å². The first-order valence-electron chi connectivity index (χ1n) is 7.12. The van der Waals surface area contributed by atoms with Crippen LogP contribution >= 0.6 is 0 Å². The topological polar surface area (TPSA) is 76.4 Å². The van der Waals surface area contributed by atoms with E-state index in [0.717, 1.165) is 31.4 Å². The Labute approximate surface area is 120 Å². The standard InChI is InChI=1S/C15H25N3O2/c1-3-4-9-20-10-5-8-17-15(19)13-11-12(2)6-7-14(13)18-16/h6-7,11,18H,3-5,8-10,16H2,1-2H3,(H,17,19). The molecule has 0 radical (unpaired) electrons. The Kier molecular flexibility index (Phi) is 7.69. The van der Waals surface area contributed by atoms with Crippen molar-refractivity contribution in [3.05, 3.63) is 29.3 Å². The van der Waals surface area contributed by atoms with Crippen LogP contribution in [0, 0.1) is 6.92 Å². The molecule has 0 unspecified atom stereocenters. The molecule has 0 aromatic heterocycles. The lowest BCUT2D eigenvalue weighted by atomic mass is 10.1. The average Bonchev–Trinajstić information content (AvgIpc) is 2.46. The first-order valence-corrected chi connectivity index (χ1v) is 7.12. The molecule has 0 heterocycles. The van der Waals surface area contributed by atoms with Gasteiger partial charge in [0.25, 0.3) is 5.91 Å². The van der Waals surface area contributed by atoms with Crippen LogP contribution in [0.3, 0.4) is 0 Å². The van der Waals surface area contributed by atoms with Crippen LogP contribution in [-0.4, -0.2) is 25.7 Å². The molecule has 0 aliphatic heterocycles. The number of nitrogens with one attached hydrogen (secondary N) is 2. The van der Waals surface area contributed by atoms with E-state index in [-0.39, 0.29) is 5.91 Å². The third kappa shape index (κ3) is 5.59. The predicted molar refractivity (Wildman–Crippen MR) is 81.7 cm³/mol. The van der Waals surface area contributed by atoms with Gasteiger partial charge in [-0.2, -0.15) is 0 Å². The maximum absolute atomic E-state index is 12.1. The normalized spacial score (nSPS) is 10.3. The zero-order valence-corrected chi connectivity index (χ0v) is 12.4. The molecule has 5 nitrogen and oxygen atoms in total. The number of ether oxygens (including phenoxy) is 1. The highest BCUT2D eigenvalue weighted by Gasteiger charge is 2.10. The number of amides is 1. The van der Waals surface area contributed by atoms with Crippen molar-refractivity contribution in [2.24, 2.45) is 5.84 Å². The van der Waals surface area contributed by atoms with Crippen LogP contribution in [0.5, 0.6) is 0 Å². The Morgan fingerprint density at radius 1 is 1.30 bits per heavy atom. The minimum absolute atomic E-state index is 0.116. The van der Waals surface area contributed by atoms with Crippen molar-refractivity contribution >= 4 is 11.6 Å². The van der Waals surface area contributed by atoms with E-state index in [1.54, 1.807) is 6.07 Å². The molecule has 0 spiro atoms. The molecule has 0 fully saturated rings. The van der Waals surface area contributed by atoms with Gasteiger partial charge in [-0.05, 0) is 31.9 Å². The first-order chi connectivity index (χ1) is 9.69. The van der Waals surface area contributed by atoms with E-state index in [4.69, 9.17) is 10.6 Å². The van der Waals surface area contributed by atoms with Crippen molar-refractivity contribution in [1.29, 1.82) is 0 Å². The first kappa shape index (κ1) is 16.5. The van der Waals surface area contributed by atoms with Gasteiger partial charge in [-0.25, -0.2) is 0 Å². The Morgan fingerprint density at radius 3 is 2.75 bits per heavy atom. The average molecular weight is 279 g/mol. The van der Waals surface area contributed by atoms with E-state index in [0.29, 0.717) is 24.4 Å². The zero-order valence-electron chi connectivity index (χ0n) is 12.4. The number of carbonyl (C=O) groups excluding carboxylic acids is 1. The molecule has 0 atom stereocenters. The summed E-state index contributed by atoms with van der Waals surface area (Å²) >= 11 is 0. The number of carbonyl (C=O) groups is 1. The highest BCUT2D eigenvalue weighted by Crippen LogP contribution is 2.15. The maximum Gasteiger partial charge on any atom is 0.253 e. The van der Waals surface area contributed by atoms with Crippen LogP contribution in [0.1, 0.15) is 42.1 Å². The lowest BCUT2D eigenvalue weighted by Crippen LogP contribution is -2.27. The lowest BCUT2D eigenvalue weighted by Gasteiger charge is -2.10. The molecule has 1 aromatic carbocycles. The quantitative estimate of drug-likeness (QED) is 0.368. The molecule has 20 heavy (non-hydrogen) atoms. The minimum atomic E-state index is -0.116. The molecule has 0 saturated heterocycles. The van der Waals surface area contributed by atoms with Crippen molar-refractivity contribution in [2.45, 2.75) is 33.1 Å². The largest absolute Gasteiger partial charge is 0.381 e. The molecular weight excluding hydrogens is 254 g/mol. The van der Waals surface area contributed by atoms with E-state index < -0.39 is 0 Å². The van der Waals surface area contributed by atoms with Crippen molar-refractivity contribution in [1.82, 2.24) is 5.32 Å². The third-order valence-corrected chi connectivity index (χ3v) is 2.97. The van der Waals surface area contributed by atoms with Crippen molar-refractivity contribution in [2.75, 3.05) is 25.2 Å². The van der Waals surface area contributed by atoms with Crippen LogP contribution < -0.4 is 16.6 Å². The third-order valence-electron chi connectivity index (χ3n) is 2.97. The van der Waals surface area contributed by atoms with Crippen LogP contribution in [-0.2, 0) is 4.74 Å². The summed E-state index contributed by atoms with van der Waals surface area (Å²) in [6, 6.07) is 5.54. The van der Waals surface area contributed by atoms with Crippen LogP contribution in [0.4, 0.5) is 5.69 Å². The van der Waals surface area contributed by atoms with Gasteiger partial charge in [0.05, 0.1) is 11.3 Å². The van der Waals surface area contributed by atoms with Crippen LogP contribution in [0.2, 0.25) is 0 Å². The summed E-state index contributed by atoms with van der Waals surface area (Å²) < 4.78 is 5.44. The SMILES string of the molecule is CCCCOCCCNC(=O)c1cc(C)ccc1NN. The number of nitrogen functional groups attached to an aromatic ring is 1. The van der Waals surface area contributed by atoms with Crippen molar-refractivity contribution < 1.29 is 9.53 Å². The van der Waals surface area contributed by atoms with Gasteiger partial charge in [0.2, 0.25) is 0 Å². The number of unbranched alkanes of at least 4 members (excludes halogenated alkanes) is 1. The lowest BCUT2D eigenvalue weighted by molar-refractivity contribution is 0.0941. The van der Waals surface area contributed by atoms with Gasteiger partial charge in [-0.1, -0.05) is 25.0 Å². The van der Waals surface area contributed by atoms with E-state index >= 15 is 0 Å². The summed E-state index contributed by atoms with van der Waals surface area (Å²) in [7, 11) is 0. The van der Waals surface area contributed by atoms with E-state index in [9.17, 15) is 4.79 Å². The summed E-state index contributed by atoms with van der Waals surface area (Å²) in [6.07, 6.45) is 3.03. The smallest absolute Gasteiger partial charge is 0.253 e. The molecule has 0 bridgehead atoms. The molecule has 0 aliphatic carbocycles. The molecule has 1 rings (SSSR count). The summed E-state index contributed by atoms with van der Waals surface area (Å²) in [5.41, 5.74) is 4.77. The molecule has 5 heteroatoms. The van der Waals surface area contributed by atoms with Gasteiger partial charge in [-0.15, -0.1) is 0 Å². The van der Waals surface area contributed by atoms with Gasteiger partial charge in [0.1, 0.15) is 0 Å². The van der Waals surface area contributed by atoms with Gasteiger partial charge in [0.15, 0.2) is 0 Å². The number of hydrogen-bond acceptors (Lipinski definition) is 4. The van der Waals surface area contributed by atoms with Crippen molar-refractivity contribution in [3.63, 3.8) is 0 Å². The minimum Gasteiger partial charge on any atom is -0.381 e. The number of nitrogens with two attached hydrogens (primary N) is 1. The number of aryl methyl sites for hydroxylation is 1. The number of hydrazine groups is 1. The van der Waals surface area contributed by atoms with E-state index in [1.807, 2.05) is 19.1 Å². The van der Waals surface area contributed by atoms with Crippen molar-refractivity contribution in [3.8, 4) is 0 Å². The fourth-order valence-electron chi connectivity index (χ4n) is 1.79. The zero-order chi connectivity index (χ0) is 14.8. The highest BCUT2D eigenvalue weighted by molar-refractivity contribution is 5.99. The summed E-state index contributed by atoms with van der Waals surface area (Å²) in [6.45, 7) is 6.15. The predicted octanol–water partition coefficient (Wildman–Crippen LogP) is 2.22. The van der Waals surface area contributed by atoms with Gasteiger partial charge < -0.3 is 15.5 Å². The second-order valence-electron chi connectivity index (χ2n) is 4.77. The number of benzene rings is 1. The monoisotopic (exact) mass is 279 g/mol. The van der Waals surface area contributed by atoms with Crippen LogP contribution in [0.15, 0.2) is 18.2 Å². The van der Waals surface area contributed by atoms with Crippen LogP contribution in [0.25, 0.3) is 0 Å². The Morgan fingerprint density at radius 2 is 2.05 bits per heavy atom. The molecule has 1 amide bonds.